The van der Waals surface area contributed by atoms with E-state index in [0.29, 0.717) is 12.1 Å². The molecule has 0 fully saturated rings. The van der Waals surface area contributed by atoms with Gasteiger partial charge in [0.2, 0.25) is 0 Å². The van der Waals surface area contributed by atoms with E-state index in [1.807, 2.05) is 31.2 Å². The Morgan fingerprint density at radius 2 is 1.77 bits per heavy atom. The predicted molar refractivity (Wildman–Crippen MR) is 87.5 cm³/mol. The van der Waals surface area contributed by atoms with Gasteiger partial charge in [-0.1, -0.05) is 32.9 Å². The van der Waals surface area contributed by atoms with Gasteiger partial charge in [-0.15, -0.1) is 0 Å². The van der Waals surface area contributed by atoms with Crippen molar-refractivity contribution in [3.63, 3.8) is 0 Å². The van der Waals surface area contributed by atoms with Crippen LogP contribution in [0.3, 0.4) is 0 Å². The summed E-state index contributed by atoms with van der Waals surface area (Å²) >= 11 is 0. The lowest BCUT2D eigenvalue weighted by Crippen LogP contribution is -2.23. The van der Waals surface area contributed by atoms with Crippen molar-refractivity contribution in [1.82, 2.24) is 15.3 Å². The highest BCUT2D eigenvalue weighted by Crippen LogP contribution is 2.20. The minimum Gasteiger partial charge on any atom is -0.346 e. The maximum atomic E-state index is 12.1. The zero-order valence-electron chi connectivity index (χ0n) is 13.7. The number of carbonyl (C=O) groups excluding carboxylic acids is 1. The fourth-order valence-electron chi connectivity index (χ4n) is 2.17. The number of rotatable bonds is 4. The van der Waals surface area contributed by atoms with E-state index in [9.17, 15) is 4.79 Å². The Morgan fingerprint density at radius 3 is 2.32 bits per heavy atom. The van der Waals surface area contributed by atoms with Gasteiger partial charge >= 0.3 is 0 Å². The molecular weight excluding hydrogens is 274 g/mol. The van der Waals surface area contributed by atoms with Crippen LogP contribution in [0.25, 0.3) is 0 Å². The number of aryl methyl sites for hydroxylation is 1. The van der Waals surface area contributed by atoms with E-state index in [1.165, 1.54) is 5.56 Å². The van der Waals surface area contributed by atoms with Gasteiger partial charge in [0.05, 0.1) is 24.1 Å². The average molecular weight is 297 g/mol. The van der Waals surface area contributed by atoms with Crippen LogP contribution in [-0.2, 0) is 13.0 Å². The van der Waals surface area contributed by atoms with Gasteiger partial charge in [0.1, 0.15) is 0 Å². The number of aromatic nitrogens is 2. The molecule has 4 nitrogen and oxygen atoms in total. The molecule has 0 bridgehead atoms. The summed E-state index contributed by atoms with van der Waals surface area (Å²) in [5, 5.41) is 2.86. The molecule has 4 heteroatoms. The van der Waals surface area contributed by atoms with Crippen LogP contribution in [0.1, 0.15) is 48.1 Å². The smallest absolute Gasteiger partial charge is 0.251 e. The van der Waals surface area contributed by atoms with Crippen LogP contribution in [0.4, 0.5) is 0 Å². The Hall–Kier alpha value is -2.23. The minimum atomic E-state index is -0.0929. The predicted octanol–water partition coefficient (Wildman–Crippen LogP) is 3.30. The van der Waals surface area contributed by atoms with Crippen LogP contribution in [0.5, 0.6) is 0 Å². The van der Waals surface area contributed by atoms with Crippen molar-refractivity contribution in [1.29, 1.82) is 0 Å². The zero-order chi connectivity index (χ0) is 16.2. The molecule has 0 atom stereocenters. The maximum absolute atomic E-state index is 12.1. The molecule has 116 valence electrons. The molecule has 2 aromatic rings. The Morgan fingerprint density at radius 1 is 1.09 bits per heavy atom. The summed E-state index contributed by atoms with van der Waals surface area (Å²) in [6, 6.07) is 7.78. The number of carbonyl (C=O) groups is 1. The molecule has 22 heavy (non-hydrogen) atoms. The van der Waals surface area contributed by atoms with Crippen molar-refractivity contribution in [2.75, 3.05) is 0 Å². The lowest BCUT2D eigenvalue weighted by atomic mass is 9.88. The Labute approximate surface area is 132 Å². The van der Waals surface area contributed by atoms with E-state index in [-0.39, 0.29) is 11.3 Å². The summed E-state index contributed by atoms with van der Waals surface area (Å²) in [5.41, 5.74) is 3.77. The SMILES string of the molecule is Cc1cnc(CNC(=O)c2ccc(CC(C)(C)C)cc2)cn1. The van der Waals surface area contributed by atoms with Gasteiger partial charge in [0.15, 0.2) is 0 Å². The monoisotopic (exact) mass is 297 g/mol. The van der Waals surface area contributed by atoms with Gasteiger partial charge in [0.25, 0.3) is 5.91 Å². The third kappa shape index (κ3) is 4.95. The van der Waals surface area contributed by atoms with Crippen molar-refractivity contribution in [2.24, 2.45) is 5.41 Å². The van der Waals surface area contributed by atoms with Crippen LogP contribution in [0.2, 0.25) is 0 Å². The molecule has 0 radical (unpaired) electrons. The first kappa shape index (κ1) is 16.1. The molecule has 0 saturated heterocycles. The Kier molecular flexibility index (Phi) is 4.91. The van der Waals surface area contributed by atoms with Crippen LogP contribution in [0.15, 0.2) is 36.7 Å². The molecule has 0 aliphatic carbocycles. The fourth-order valence-corrected chi connectivity index (χ4v) is 2.17. The van der Waals surface area contributed by atoms with Gasteiger partial charge in [-0.2, -0.15) is 0 Å². The van der Waals surface area contributed by atoms with E-state index in [4.69, 9.17) is 0 Å². The van der Waals surface area contributed by atoms with E-state index >= 15 is 0 Å². The molecule has 0 unspecified atom stereocenters. The standard InChI is InChI=1S/C18H23N3O/c1-13-10-20-16(11-19-13)12-21-17(22)15-7-5-14(6-8-15)9-18(2,3)4/h5-8,10-11H,9,12H2,1-4H3,(H,21,22). The van der Waals surface area contributed by atoms with Gasteiger partial charge < -0.3 is 5.32 Å². The minimum absolute atomic E-state index is 0.0929. The summed E-state index contributed by atoms with van der Waals surface area (Å²) < 4.78 is 0. The van der Waals surface area contributed by atoms with Gasteiger partial charge in [0, 0.05) is 11.8 Å². The van der Waals surface area contributed by atoms with Crippen LogP contribution in [0, 0.1) is 12.3 Å². The summed E-state index contributed by atoms with van der Waals surface area (Å²) in [6.07, 6.45) is 4.37. The molecule has 0 saturated carbocycles. The maximum Gasteiger partial charge on any atom is 0.251 e. The second-order valence-electron chi connectivity index (χ2n) is 6.77. The van der Waals surface area contributed by atoms with Crippen LogP contribution < -0.4 is 5.32 Å². The summed E-state index contributed by atoms with van der Waals surface area (Å²) in [6.45, 7) is 8.88. The van der Waals surface area contributed by atoms with E-state index in [1.54, 1.807) is 12.4 Å². The van der Waals surface area contributed by atoms with Gasteiger partial charge in [-0.25, -0.2) is 0 Å². The van der Waals surface area contributed by atoms with Crippen molar-refractivity contribution in [3.05, 3.63) is 59.2 Å². The normalized spacial score (nSPS) is 11.3. The molecular formula is C18H23N3O. The highest BCUT2D eigenvalue weighted by Gasteiger charge is 2.12. The second kappa shape index (κ2) is 6.69. The van der Waals surface area contributed by atoms with Crippen molar-refractivity contribution < 1.29 is 4.79 Å². The number of amides is 1. The number of nitrogens with one attached hydrogen (secondary N) is 1. The largest absolute Gasteiger partial charge is 0.346 e. The molecule has 1 heterocycles. The lowest BCUT2D eigenvalue weighted by molar-refractivity contribution is 0.0950. The van der Waals surface area contributed by atoms with E-state index < -0.39 is 0 Å². The first-order chi connectivity index (χ1) is 10.3. The number of hydrogen-bond acceptors (Lipinski definition) is 3. The Balaban J connectivity index is 1.93. The molecule has 1 aromatic carbocycles. The first-order valence-electron chi connectivity index (χ1n) is 7.48. The average Bonchev–Trinajstić information content (AvgIpc) is 2.45. The Bertz CT molecular complexity index is 625. The number of hydrogen-bond donors (Lipinski definition) is 1. The van der Waals surface area contributed by atoms with E-state index in [0.717, 1.165) is 17.8 Å². The van der Waals surface area contributed by atoms with Gasteiger partial charge in [-0.3, -0.25) is 14.8 Å². The van der Waals surface area contributed by atoms with Crippen molar-refractivity contribution in [3.8, 4) is 0 Å². The molecule has 0 aliphatic rings. The molecule has 0 aliphatic heterocycles. The fraction of sp³-hybridized carbons (Fsp3) is 0.389. The number of benzene rings is 1. The molecule has 1 amide bonds. The molecule has 0 spiro atoms. The highest BCUT2D eigenvalue weighted by atomic mass is 16.1. The lowest BCUT2D eigenvalue weighted by Gasteiger charge is -2.18. The quantitative estimate of drug-likeness (QED) is 0.942. The summed E-state index contributed by atoms with van der Waals surface area (Å²) in [4.78, 5) is 20.5. The topological polar surface area (TPSA) is 54.9 Å². The van der Waals surface area contributed by atoms with Crippen molar-refractivity contribution >= 4 is 5.91 Å². The summed E-state index contributed by atoms with van der Waals surface area (Å²) in [7, 11) is 0. The molecule has 1 aromatic heterocycles. The third-order valence-corrected chi connectivity index (χ3v) is 3.22. The van der Waals surface area contributed by atoms with Crippen LogP contribution in [-0.4, -0.2) is 15.9 Å². The van der Waals surface area contributed by atoms with E-state index in [2.05, 4.69) is 36.1 Å². The summed E-state index contributed by atoms with van der Waals surface area (Å²) in [5.74, 6) is -0.0929. The number of nitrogens with zero attached hydrogens (tertiary/aromatic N) is 2. The second-order valence-corrected chi connectivity index (χ2v) is 6.77. The highest BCUT2D eigenvalue weighted by molar-refractivity contribution is 5.94. The molecule has 2 rings (SSSR count). The first-order valence-corrected chi connectivity index (χ1v) is 7.48. The van der Waals surface area contributed by atoms with Crippen molar-refractivity contribution in [2.45, 2.75) is 40.7 Å². The zero-order valence-corrected chi connectivity index (χ0v) is 13.7. The van der Waals surface area contributed by atoms with Crippen LogP contribution >= 0.6 is 0 Å². The van der Waals surface area contributed by atoms with Gasteiger partial charge in [-0.05, 0) is 36.5 Å². The molecule has 1 N–H and O–H groups in total. The third-order valence-electron chi connectivity index (χ3n) is 3.22.